The molecule has 1 amide bonds. The second-order valence-corrected chi connectivity index (χ2v) is 7.71. The molecule has 28 heavy (non-hydrogen) atoms. The van der Waals surface area contributed by atoms with Crippen molar-refractivity contribution >= 4 is 11.9 Å². The quantitative estimate of drug-likeness (QED) is 0.857. The molecule has 1 saturated heterocycles. The number of nitrogens with zero attached hydrogens (tertiary/aromatic N) is 3. The third kappa shape index (κ3) is 3.48. The van der Waals surface area contributed by atoms with Gasteiger partial charge in [-0.2, -0.15) is 18.3 Å². The lowest BCUT2D eigenvalue weighted by Crippen LogP contribution is -2.42. The summed E-state index contributed by atoms with van der Waals surface area (Å²) in [5.74, 6) is -1.54. The molecule has 1 fully saturated rings. The van der Waals surface area contributed by atoms with Crippen LogP contribution in [0.3, 0.4) is 0 Å². The van der Waals surface area contributed by atoms with Crippen LogP contribution in [0.1, 0.15) is 53.6 Å². The van der Waals surface area contributed by atoms with E-state index in [0.29, 0.717) is 28.9 Å². The molecule has 0 saturated carbocycles. The van der Waals surface area contributed by atoms with E-state index in [-0.39, 0.29) is 17.1 Å². The Morgan fingerprint density at radius 3 is 2.29 bits per heavy atom. The number of hydrogen-bond donors (Lipinski definition) is 1. The topological polar surface area (TPSA) is 75.4 Å². The van der Waals surface area contributed by atoms with Gasteiger partial charge in [-0.15, -0.1) is 0 Å². The van der Waals surface area contributed by atoms with E-state index in [0.717, 1.165) is 6.42 Å². The van der Waals surface area contributed by atoms with E-state index in [4.69, 9.17) is 5.11 Å². The molecule has 0 bridgehead atoms. The van der Waals surface area contributed by atoms with Crippen LogP contribution in [0.15, 0.2) is 30.5 Å². The highest BCUT2D eigenvalue weighted by molar-refractivity contribution is 5.95. The number of rotatable bonds is 3. The van der Waals surface area contributed by atoms with Crippen LogP contribution in [0.25, 0.3) is 5.69 Å². The van der Waals surface area contributed by atoms with Crippen molar-refractivity contribution in [3.8, 4) is 5.69 Å². The highest BCUT2D eigenvalue weighted by Gasteiger charge is 2.41. The van der Waals surface area contributed by atoms with Crippen molar-refractivity contribution < 1.29 is 27.9 Å². The standard InChI is InChI=1S/C19H20F3N3O3/c1-11-8-18(2,3)24(10-11)16(26)12-4-6-13(7-5-12)25-15(19(20,21)22)14(9-23-25)17(27)28/h4-7,9,11H,8,10H2,1-3H3,(H,27,28). The first-order valence-corrected chi connectivity index (χ1v) is 8.73. The molecule has 0 aliphatic carbocycles. The van der Waals surface area contributed by atoms with E-state index in [1.165, 1.54) is 24.3 Å². The summed E-state index contributed by atoms with van der Waals surface area (Å²) >= 11 is 0. The van der Waals surface area contributed by atoms with Crippen LogP contribution in [0.2, 0.25) is 0 Å². The average molecular weight is 395 g/mol. The van der Waals surface area contributed by atoms with Crippen LogP contribution >= 0.6 is 0 Å². The Bertz CT molecular complexity index is 917. The third-order valence-electron chi connectivity index (χ3n) is 4.95. The van der Waals surface area contributed by atoms with Gasteiger partial charge in [0, 0.05) is 17.6 Å². The zero-order valence-electron chi connectivity index (χ0n) is 15.6. The number of carboxylic acid groups (broad SMARTS) is 1. The van der Waals surface area contributed by atoms with Gasteiger partial charge in [0.2, 0.25) is 0 Å². The Balaban J connectivity index is 1.94. The molecule has 3 rings (SSSR count). The molecule has 1 aromatic carbocycles. The fraction of sp³-hybridized carbons (Fsp3) is 0.421. The Labute approximate surface area is 159 Å². The van der Waals surface area contributed by atoms with E-state index in [2.05, 4.69) is 12.0 Å². The number of halogens is 3. The monoisotopic (exact) mass is 395 g/mol. The highest BCUT2D eigenvalue weighted by atomic mass is 19.4. The Hall–Kier alpha value is -2.84. The molecule has 0 spiro atoms. The molecule has 1 atom stereocenters. The van der Waals surface area contributed by atoms with Gasteiger partial charge in [-0.1, -0.05) is 6.92 Å². The SMILES string of the molecule is CC1CN(C(=O)c2ccc(-n3ncc(C(=O)O)c3C(F)(F)F)cc2)C(C)(C)C1. The number of hydrogen-bond acceptors (Lipinski definition) is 3. The molecular weight excluding hydrogens is 375 g/mol. The molecule has 9 heteroatoms. The normalized spacial score (nSPS) is 19.1. The van der Waals surface area contributed by atoms with E-state index in [9.17, 15) is 22.8 Å². The highest BCUT2D eigenvalue weighted by Crippen LogP contribution is 2.35. The zero-order valence-corrected chi connectivity index (χ0v) is 15.6. The molecule has 1 N–H and O–H groups in total. The van der Waals surface area contributed by atoms with Crippen LogP contribution in [0.4, 0.5) is 13.2 Å². The molecule has 6 nitrogen and oxygen atoms in total. The number of carbonyl (C=O) groups is 2. The summed E-state index contributed by atoms with van der Waals surface area (Å²) in [6.45, 7) is 6.65. The number of amides is 1. The van der Waals surface area contributed by atoms with E-state index >= 15 is 0 Å². The predicted molar refractivity (Wildman–Crippen MR) is 94.4 cm³/mol. The second-order valence-electron chi connectivity index (χ2n) is 7.71. The molecule has 2 aromatic rings. The average Bonchev–Trinajstić information content (AvgIpc) is 3.14. The molecule has 150 valence electrons. The predicted octanol–water partition coefficient (Wildman–Crippen LogP) is 3.85. The number of carboxylic acids is 1. The van der Waals surface area contributed by atoms with Gasteiger partial charge in [0.25, 0.3) is 5.91 Å². The maximum atomic E-state index is 13.3. The molecule has 0 radical (unpaired) electrons. The molecule has 1 aromatic heterocycles. The Morgan fingerprint density at radius 1 is 1.21 bits per heavy atom. The summed E-state index contributed by atoms with van der Waals surface area (Å²) < 4.78 is 40.5. The van der Waals surface area contributed by atoms with Crippen molar-refractivity contribution in [3.63, 3.8) is 0 Å². The number of benzene rings is 1. The Kier molecular flexibility index (Phi) is 4.73. The smallest absolute Gasteiger partial charge is 0.434 e. The number of aromatic nitrogens is 2. The fourth-order valence-corrected chi connectivity index (χ4v) is 3.82. The summed E-state index contributed by atoms with van der Waals surface area (Å²) in [6, 6.07) is 5.51. The van der Waals surface area contributed by atoms with Gasteiger partial charge in [0.15, 0.2) is 5.69 Å². The summed E-state index contributed by atoms with van der Waals surface area (Å²) in [7, 11) is 0. The fourth-order valence-electron chi connectivity index (χ4n) is 3.82. The van der Waals surface area contributed by atoms with Gasteiger partial charge in [0.05, 0.1) is 11.9 Å². The maximum Gasteiger partial charge on any atom is 0.434 e. The van der Waals surface area contributed by atoms with Gasteiger partial charge in [-0.05, 0) is 50.5 Å². The number of carbonyl (C=O) groups excluding carboxylic acids is 1. The van der Waals surface area contributed by atoms with Crippen molar-refractivity contribution in [3.05, 3.63) is 47.3 Å². The molecule has 1 unspecified atom stereocenters. The van der Waals surface area contributed by atoms with Crippen molar-refractivity contribution in [2.45, 2.75) is 38.9 Å². The van der Waals surface area contributed by atoms with Crippen LogP contribution in [-0.2, 0) is 6.18 Å². The minimum atomic E-state index is -4.89. The van der Waals surface area contributed by atoms with Crippen LogP contribution in [0.5, 0.6) is 0 Å². The van der Waals surface area contributed by atoms with Crippen molar-refractivity contribution in [1.82, 2.24) is 14.7 Å². The molecular formula is C19H20F3N3O3. The minimum absolute atomic E-state index is 0.0189. The summed E-state index contributed by atoms with van der Waals surface area (Å²) in [6.07, 6.45) is -3.36. The minimum Gasteiger partial charge on any atom is -0.478 e. The summed E-state index contributed by atoms with van der Waals surface area (Å²) in [4.78, 5) is 25.7. The first kappa shape index (κ1) is 19.9. The largest absolute Gasteiger partial charge is 0.478 e. The lowest BCUT2D eigenvalue weighted by atomic mass is 9.97. The summed E-state index contributed by atoms with van der Waals surface area (Å²) in [5, 5.41) is 12.6. The van der Waals surface area contributed by atoms with Gasteiger partial charge in [0.1, 0.15) is 5.56 Å². The van der Waals surface area contributed by atoms with Crippen LogP contribution in [-0.4, -0.2) is 43.7 Å². The Morgan fingerprint density at radius 2 is 1.82 bits per heavy atom. The van der Waals surface area contributed by atoms with Crippen LogP contribution in [0, 0.1) is 5.92 Å². The molecule has 2 heterocycles. The van der Waals surface area contributed by atoms with Gasteiger partial charge in [-0.3, -0.25) is 4.79 Å². The lowest BCUT2D eigenvalue weighted by Gasteiger charge is -2.31. The van der Waals surface area contributed by atoms with Crippen molar-refractivity contribution in [1.29, 1.82) is 0 Å². The number of alkyl halides is 3. The first-order valence-electron chi connectivity index (χ1n) is 8.73. The lowest BCUT2D eigenvalue weighted by molar-refractivity contribution is -0.143. The number of aromatic carboxylic acids is 1. The van der Waals surface area contributed by atoms with Gasteiger partial charge in [-0.25, -0.2) is 9.48 Å². The van der Waals surface area contributed by atoms with Gasteiger partial charge >= 0.3 is 12.1 Å². The number of likely N-dealkylation sites (tertiary alicyclic amines) is 1. The van der Waals surface area contributed by atoms with E-state index in [1.807, 2.05) is 13.8 Å². The first-order chi connectivity index (χ1) is 12.9. The van der Waals surface area contributed by atoms with Gasteiger partial charge < -0.3 is 10.0 Å². The van der Waals surface area contributed by atoms with Crippen LogP contribution < -0.4 is 0 Å². The molecule has 1 aliphatic heterocycles. The summed E-state index contributed by atoms with van der Waals surface area (Å²) in [5.41, 5.74) is -2.22. The zero-order chi connectivity index (χ0) is 20.9. The molecule has 1 aliphatic rings. The van der Waals surface area contributed by atoms with Crippen molar-refractivity contribution in [2.75, 3.05) is 6.54 Å². The maximum absolute atomic E-state index is 13.3. The van der Waals surface area contributed by atoms with Crippen molar-refractivity contribution in [2.24, 2.45) is 5.92 Å². The second kappa shape index (κ2) is 6.65. The van der Waals surface area contributed by atoms with E-state index < -0.39 is 23.4 Å². The van der Waals surface area contributed by atoms with E-state index in [1.54, 1.807) is 4.90 Å². The third-order valence-corrected chi connectivity index (χ3v) is 4.95.